The fourth-order valence-electron chi connectivity index (χ4n) is 4.29. The molecule has 1 atom stereocenters. The first-order valence-corrected chi connectivity index (χ1v) is 10.2. The molecule has 0 spiro atoms. The second-order valence-electron chi connectivity index (χ2n) is 8.02. The van der Waals surface area contributed by atoms with E-state index in [1.165, 1.54) is 11.1 Å². The highest BCUT2D eigenvalue weighted by Gasteiger charge is 2.27. The quantitative estimate of drug-likeness (QED) is 0.730. The summed E-state index contributed by atoms with van der Waals surface area (Å²) in [6, 6.07) is 10.3. The largest absolute Gasteiger partial charge is 0.343 e. The Kier molecular flexibility index (Phi) is 5.16. The summed E-state index contributed by atoms with van der Waals surface area (Å²) in [4.78, 5) is 27.4. The molecule has 1 fully saturated rings. The fourth-order valence-corrected chi connectivity index (χ4v) is 4.29. The number of carbonyl (C=O) groups is 1. The van der Waals surface area contributed by atoms with E-state index >= 15 is 0 Å². The maximum absolute atomic E-state index is 12.8. The summed E-state index contributed by atoms with van der Waals surface area (Å²) >= 11 is 0. The van der Waals surface area contributed by atoms with Gasteiger partial charge in [0.15, 0.2) is 0 Å². The number of nitrogens with one attached hydrogen (secondary N) is 1. The molecule has 2 aromatic heterocycles. The van der Waals surface area contributed by atoms with Crippen molar-refractivity contribution in [3.05, 3.63) is 59.2 Å². The van der Waals surface area contributed by atoms with E-state index in [0.717, 1.165) is 48.5 Å². The molecule has 1 unspecified atom stereocenters. The number of fused-ring (bicyclic) bond motifs is 1. The summed E-state index contributed by atoms with van der Waals surface area (Å²) < 4.78 is 0. The Morgan fingerprint density at radius 1 is 1.21 bits per heavy atom. The van der Waals surface area contributed by atoms with E-state index < -0.39 is 0 Å². The van der Waals surface area contributed by atoms with E-state index in [1.54, 1.807) is 0 Å². The number of benzene rings is 1. The Bertz CT molecular complexity index is 971. The maximum Gasteiger partial charge on any atom is 0.223 e. The number of hydrogen-bond acceptors (Lipinski definition) is 3. The Morgan fingerprint density at radius 2 is 1.93 bits per heavy atom. The molecule has 28 heavy (non-hydrogen) atoms. The molecule has 0 aliphatic carbocycles. The molecular formula is C23H28N4O. The number of hydrogen-bond donors (Lipinski definition) is 1. The summed E-state index contributed by atoms with van der Waals surface area (Å²) in [6.07, 6.45) is 4.52. The van der Waals surface area contributed by atoms with Crippen molar-refractivity contribution in [1.82, 2.24) is 19.9 Å². The molecule has 5 nitrogen and oxygen atoms in total. The number of amides is 1. The van der Waals surface area contributed by atoms with Crippen molar-refractivity contribution < 1.29 is 4.79 Å². The van der Waals surface area contributed by atoms with Crippen LogP contribution in [0.4, 0.5) is 0 Å². The second kappa shape index (κ2) is 7.74. The third-order valence-electron chi connectivity index (χ3n) is 5.99. The van der Waals surface area contributed by atoms with Gasteiger partial charge in [0.1, 0.15) is 11.3 Å². The summed E-state index contributed by atoms with van der Waals surface area (Å²) in [5.74, 6) is 1.86. The normalized spacial score (nSPS) is 16.5. The lowest BCUT2D eigenvalue weighted by Crippen LogP contribution is -2.38. The van der Waals surface area contributed by atoms with Crippen molar-refractivity contribution in [3.63, 3.8) is 0 Å². The number of aromatic nitrogens is 3. The van der Waals surface area contributed by atoms with Crippen LogP contribution in [-0.2, 0) is 4.79 Å². The molecule has 3 aromatic rings. The van der Waals surface area contributed by atoms with Crippen LogP contribution in [0, 0.1) is 13.8 Å². The summed E-state index contributed by atoms with van der Waals surface area (Å²) in [5.41, 5.74) is 5.53. The Balaban J connectivity index is 1.41. The molecule has 5 heteroatoms. The molecule has 0 bridgehead atoms. The topological polar surface area (TPSA) is 61.9 Å². The van der Waals surface area contributed by atoms with Crippen LogP contribution in [-0.4, -0.2) is 38.8 Å². The standard InChI is InChI=1S/C23H28N4O/c1-15(18-7-5-4-6-8-18)13-21(28)27-11-9-19(10-12-27)20-14-24-16(2)22-23(20)26-17(3)25-22/h4-8,14-15,19H,9-13H2,1-3H3,(H,25,26). The van der Waals surface area contributed by atoms with Gasteiger partial charge >= 0.3 is 0 Å². The molecule has 0 radical (unpaired) electrons. The number of H-pyrrole nitrogens is 1. The van der Waals surface area contributed by atoms with E-state index in [9.17, 15) is 4.79 Å². The van der Waals surface area contributed by atoms with Gasteiger partial charge in [-0.1, -0.05) is 37.3 Å². The minimum atomic E-state index is 0.250. The first-order valence-electron chi connectivity index (χ1n) is 10.2. The van der Waals surface area contributed by atoms with Gasteiger partial charge in [-0.3, -0.25) is 9.78 Å². The smallest absolute Gasteiger partial charge is 0.223 e. The lowest BCUT2D eigenvalue weighted by molar-refractivity contribution is -0.132. The van der Waals surface area contributed by atoms with E-state index in [4.69, 9.17) is 0 Å². The highest BCUT2D eigenvalue weighted by molar-refractivity contribution is 5.81. The number of pyridine rings is 1. The molecule has 1 aliphatic rings. The van der Waals surface area contributed by atoms with Gasteiger partial charge in [-0.05, 0) is 49.7 Å². The summed E-state index contributed by atoms with van der Waals surface area (Å²) in [5, 5.41) is 0. The van der Waals surface area contributed by atoms with Gasteiger partial charge in [0.25, 0.3) is 0 Å². The highest BCUT2D eigenvalue weighted by Crippen LogP contribution is 2.33. The summed E-state index contributed by atoms with van der Waals surface area (Å²) in [6.45, 7) is 7.75. The van der Waals surface area contributed by atoms with E-state index in [1.807, 2.05) is 43.1 Å². The van der Waals surface area contributed by atoms with Gasteiger partial charge in [0.2, 0.25) is 5.91 Å². The molecule has 1 saturated heterocycles. The Hall–Kier alpha value is -2.69. The third kappa shape index (κ3) is 3.66. The predicted octanol–water partition coefficient (Wildman–Crippen LogP) is 4.47. The van der Waals surface area contributed by atoms with Crippen molar-refractivity contribution in [3.8, 4) is 0 Å². The van der Waals surface area contributed by atoms with E-state index in [0.29, 0.717) is 12.3 Å². The molecule has 0 saturated carbocycles. The number of aryl methyl sites for hydroxylation is 2. The number of imidazole rings is 1. The average Bonchev–Trinajstić information content (AvgIpc) is 3.11. The van der Waals surface area contributed by atoms with Crippen LogP contribution in [0.2, 0.25) is 0 Å². The zero-order valence-corrected chi connectivity index (χ0v) is 16.9. The van der Waals surface area contributed by atoms with Crippen molar-refractivity contribution >= 4 is 16.9 Å². The second-order valence-corrected chi connectivity index (χ2v) is 8.02. The molecule has 1 aromatic carbocycles. The average molecular weight is 377 g/mol. The first kappa shape index (κ1) is 18.7. The van der Waals surface area contributed by atoms with Crippen molar-refractivity contribution in [2.45, 2.75) is 51.9 Å². The van der Waals surface area contributed by atoms with E-state index in [2.05, 4.69) is 34.0 Å². The molecule has 4 rings (SSSR count). The van der Waals surface area contributed by atoms with Gasteiger partial charge in [-0.15, -0.1) is 0 Å². The van der Waals surface area contributed by atoms with Gasteiger partial charge in [0.05, 0.1) is 11.2 Å². The van der Waals surface area contributed by atoms with Crippen LogP contribution in [0.5, 0.6) is 0 Å². The van der Waals surface area contributed by atoms with Gasteiger partial charge < -0.3 is 9.88 Å². The summed E-state index contributed by atoms with van der Waals surface area (Å²) in [7, 11) is 0. The molecule has 1 amide bonds. The highest BCUT2D eigenvalue weighted by atomic mass is 16.2. The number of aromatic amines is 1. The number of nitrogens with zero attached hydrogens (tertiary/aromatic N) is 3. The van der Waals surface area contributed by atoms with Crippen LogP contribution < -0.4 is 0 Å². The Labute approximate surface area is 166 Å². The monoisotopic (exact) mass is 376 g/mol. The number of rotatable bonds is 4. The molecule has 1 N–H and O–H groups in total. The predicted molar refractivity (Wildman–Crippen MR) is 111 cm³/mol. The van der Waals surface area contributed by atoms with Crippen molar-refractivity contribution in [2.75, 3.05) is 13.1 Å². The number of piperidine rings is 1. The fraction of sp³-hybridized carbons (Fsp3) is 0.435. The minimum absolute atomic E-state index is 0.250. The third-order valence-corrected chi connectivity index (χ3v) is 5.99. The van der Waals surface area contributed by atoms with E-state index in [-0.39, 0.29) is 11.8 Å². The minimum Gasteiger partial charge on any atom is -0.343 e. The zero-order valence-electron chi connectivity index (χ0n) is 16.9. The van der Waals surface area contributed by atoms with Gasteiger partial charge in [-0.25, -0.2) is 4.98 Å². The molecule has 146 valence electrons. The van der Waals surface area contributed by atoms with Gasteiger partial charge in [0, 0.05) is 25.7 Å². The SMILES string of the molecule is Cc1nc2c(C)ncc(C3CCN(C(=O)CC(C)c4ccccc4)CC3)c2[nH]1. The lowest BCUT2D eigenvalue weighted by Gasteiger charge is -2.33. The lowest BCUT2D eigenvalue weighted by atomic mass is 9.89. The van der Waals surface area contributed by atoms with Crippen LogP contribution in [0.25, 0.3) is 11.0 Å². The van der Waals surface area contributed by atoms with Crippen molar-refractivity contribution in [1.29, 1.82) is 0 Å². The number of carbonyl (C=O) groups excluding carboxylic acids is 1. The molecule has 1 aliphatic heterocycles. The Morgan fingerprint density at radius 3 is 2.64 bits per heavy atom. The van der Waals surface area contributed by atoms with Crippen LogP contribution in [0.1, 0.15) is 60.7 Å². The van der Waals surface area contributed by atoms with Gasteiger partial charge in [-0.2, -0.15) is 0 Å². The van der Waals surface area contributed by atoms with Crippen LogP contribution in [0.15, 0.2) is 36.5 Å². The zero-order chi connectivity index (χ0) is 19.7. The molecular weight excluding hydrogens is 348 g/mol. The maximum atomic E-state index is 12.8. The van der Waals surface area contributed by atoms with Crippen LogP contribution >= 0.6 is 0 Å². The first-order chi connectivity index (χ1) is 13.5. The molecule has 3 heterocycles. The number of likely N-dealkylation sites (tertiary alicyclic amines) is 1. The van der Waals surface area contributed by atoms with Crippen molar-refractivity contribution in [2.24, 2.45) is 0 Å². The van der Waals surface area contributed by atoms with Crippen LogP contribution in [0.3, 0.4) is 0 Å².